The highest BCUT2D eigenvalue weighted by Crippen LogP contribution is 2.38. The molecule has 9 heteroatoms. The maximum absolute atomic E-state index is 12.7. The minimum atomic E-state index is -3.58. The number of anilines is 1. The zero-order valence-electron chi connectivity index (χ0n) is 18.4. The summed E-state index contributed by atoms with van der Waals surface area (Å²) in [5.41, 5.74) is 0.764. The van der Waals surface area contributed by atoms with Gasteiger partial charge in [-0.1, -0.05) is 26.2 Å². The Bertz CT molecular complexity index is 949. The van der Waals surface area contributed by atoms with E-state index < -0.39 is 15.9 Å². The van der Waals surface area contributed by atoms with Crippen LogP contribution >= 0.6 is 0 Å². The van der Waals surface area contributed by atoms with E-state index in [4.69, 9.17) is 14.2 Å². The van der Waals surface area contributed by atoms with E-state index in [-0.39, 0.29) is 4.90 Å². The smallest absolute Gasteiger partial charge is 0.255 e. The summed E-state index contributed by atoms with van der Waals surface area (Å²) in [6, 6.07) is 9.08. The second-order valence-corrected chi connectivity index (χ2v) is 8.62. The van der Waals surface area contributed by atoms with E-state index in [9.17, 15) is 13.2 Å². The lowest BCUT2D eigenvalue weighted by molar-refractivity contribution is 0.102. The van der Waals surface area contributed by atoms with Crippen LogP contribution in [0.5, 0.6) is 17.2 Å². The Morgan fingerprint density at radius 3 is 2.03 bits per heavy atom. The van der Waals surface area contributed by atoms with Gasteiger partial charge < -0.3 is 19.5 Å². The maximum atomic E-state index is 12.7. The number of hydrogen-bond acceptors (Lipinski definition) is 6. The molecule has 2 rings (SSSR count). The second kappa shape index (κ2) is 11.6. The molecule has 0 aliphatic carbocycles. The molecule has 1 amide bonds. The molecule has 2 N–H and O–H groups in total. The number of sulfonamides is 1. The van der Waals surface area contributed by atoms with Crippen molar-refractivity contribution in [2.24, 2.45) is 0 Å². The highest BCUT2D eigenvalue weighted by atomic mass is 32.2. The van der Waals surface area contributed by atoms with Gasteiger partial charge in [-0.15, -0.1) is 0 Å². The predicted molar refractivity (Wildman–Crippen MR) is 120 cm³/mol. The minimum Gasteiger partial charge on any atom is -0.493 e. The number of unbranched alkanes of at least 4 members (excludes halogenated alkanes) is 3. The van der Waals surface area contributed by atoms with Crippen molar-refractivity contribution in [3.63, 3.8) is 0 Å². The first-order valence-electron chi connectivity index (χ1n) is 10.1. The van der Waals surface area contributed by atoms with Crippen LogP contribution in [0.1, 0.15) is 43.0 Å². The number of carbonyl (C=O) groups excluding carboxylic acids is 1. The van der Waals surface area contributed by atoms with Gasteiger partial charge in [0.05, 0.1) is 26.2 Å². The highest BCUT2D eigenvalue weighted by molar-refractivity contribution is 7.89. The first-order chi connectivity index (χ1) is 14.9. The Morgan fingerprint density at radius 1 is 0.903 bits per heavy atom. The minimum absolute atomic E-state index is 0.147. The van der Waals surface area contributed by atoms with Crippen molar-refractivity contribution in [3.05, 3.63) is 42.0 Å². The molecule has 170 valence electrons. The zero-order valence-corrected chi connectivity index (χ0v) is 19.2. The number of amides is 1. The summed E-state index contributed by atoms with van der Waals surface area (Å²) < 4.78 is 43.2. The first-order valence-corrected chi connectivity index (χ1v) is 11.6. The van der Waals surface area contributed by atoms with Gasteiger partial charge >= 0.3 is 0 Å². The topological polar surface area (TPSA) is 103 Å². The molecule has 0 fully saturated rings. The van der Waals surface area contributed by atoms with Gasteiger partial charge in [0.25, 0.3) is 5.91 Å². The molecular weight excluding hydrogens is 420 g/mol. The fourth-order valence-electron chi connectivity index (χ4n) is 2.97. The molecule has 0 bridgehead atoms. The van der Waals surface area contributed by atoms with Crippen molar-refractivity contribution < 1.29 is 27.4 Å². The standard InChI is InChI=1S/C22H30N2O6S/c1-5-6-7-8-13-23-31(26,27)18-11-9-17(10-12-18)24-22(25)16-14-19(28-2)21(30-4)20(15-16)29-3/h9-12,14-15,23H,5-8,13H2,1-4H3,(H,24,25). The van der Waals surface area contributed by atoms with Crippen molar-refractivity contribution in [1.82, 2.24) is 4.72 Å². The van der Waals surface area contributed by atoms with Gasteiger partial charge in [0, 0.05) is 17.8 Å². The fourth-order valence-corrected chi connectivity index (χ4v) is 4.05. The Morgan fingerprint density at radius 2 is 1.52 bits per heavy atom. The fraction of sp³-hybridized carbons (Fsp3) is 0.409. The molecule has 31 heavy (non-hydrogen) atoms. The van der Waals surface area contributed by atoms with Gasteiger partial charge in [-0.3, -0.25) is 4.79 Å². The van der Waals surface area contributed by atoms with E-state index in [0.717, 1.165) is 25.7 Å². The summed E-state index contributed by atoms with van der Waals surface area (Å²) >= 11 is 0. The average molecular weight is 451 g/mol. The molecule has 0 saturated heterocycles. The molecule has 0 aliphatic heterocycles. The van der Waals surface area contributed by atoms with E-state index in [0.29, 0.717) is 35.0 Å². The van der Waals surface area contributed by atoms with E-state index in [1.165, 1.54) is 45.6 Å². The number of benzene rings is 2. The van der Waals surface area contributed by atoms with Crippen molar-refractivity contribution in [1.29, 1.82) is 0 Å². The van der Waals surface area contributed by atoms with Crippen molar-refractivity contribution in [2.75, 3.05) is 33.2 Å². The molecule has 0 heterocycles. The Hall–Kier alpha value is -2.78. The predicted octanol–water partition coefficient (Wildman–Crippen LogP) is 3.82. The molecule has 2 aromatic rings. The van der Waals surface area contributed by atoms with Crippen molar-refractivity contribution in [2.45, 2.75) is 37.5 Å². The zero-order chi connectivity index (χ0) is 22.9. The molecule has 0 radical (unpaired) electrons. The van der Waals surface area contributed by atoms with Crippen LogP contribution in [-0.4, -0.2) is 42.2 Å². The van der Waals surface area contributed by atoms with Crippen LogP contribution in [0.15, 0.2) is 41.3 Å². The third kappa shape index (κ3) is 6.60. The quantitative estimate of drug-likeness (QED) is 0.477. The molecule has 0 spiro atoms. The summed E-state index contributed by atoms with van der Waals surface area (Å²) in [5.74, 6) is 0.708. The number of nitrogens with one attached hydrogen (secondary N) is 2. The Labute approximate surface area is 184 Å². The van der Waals surface area contributed by atoms with Crippen LogP contribution in [0.2, 0.25) is 0 Å². The summed E-state index contributed by atoms with van der Waals surface area (Å²) in [5, 5.41) is 2.74. The largest absolute Gasteiger partial charge is 0.493 e. The van der Waals surface area contributed by atoms with Gasteiger partial charge in [-0.25, -0.2) is 13.1 Å². The van der Waals surface area contributed by atoms with Gasteiger partial charge in [-0.2, -0.15) is 0 Å². The van der Waals surface area contributed by atoms with E-state index >= 15 is 0 Å². The first kappa shape index (κ1) is 24.5. The van der Waals surface area contributed by atoms with Crippen LogP contribution in [-0.2, 0) is 10.0 Å². The number of hydrogen-bond donors (Lipinski definition) is 2. The van der Waals surface area contributed by atoms with Gasteiger partial charge in [0.2, 0.25) is 15.8 Å². The van der Waals surface area contributed by atoms with E-state index in [1.54, 1.807) is 12.1 Å². The number of rotatable bonds is 12. The lowest BCUT2D eigenvalue weighted by Gasteiger charge is -2.14. The Kier molecular flexibility index (Phi) is 9.14. The molecule has 2 aromatic carbocycles. The normalized spacial score (nSPS) is 11.1. The Balaban J connectivity index is 2.08. The van der Waals surface area contributed by atoms with Crippen LogP contribution in [0.3, 0.4) is 0 Å². The summed E-state index contributed by atoms with van der Waals surface area (Å²) in [7, 11) is 0.838. The van der Waals surface area contributed by atoms with Crippen LogP contribution in [0.25, 0.3) is 0 Å². The van der Waals surface area contributed by atoms with E-state index in [1.807, 2.05) is 0 Å². The molecule has 0 unspecified atom stereocenters. The molecule has 8 nitrogen and oxygen atoms in total. The van der Waals surface area contributed by atoms with E-state index in [2.05, 4.69) is 17.0 Å². The third-order valence-electron chi connectivity index (χ3n) is 4.67. The lowest BCUT2D eigenvalue weighted by Crippen LogP contribution is -2.24. The van der Waals surface area contributed by atoms with Crippen LogP contribution < -0.4 is 24.2 Å². The van der Waals surface area contributed by atoms with Crippen molar-refractivity contribution in [3.8, 4) is 17.2 Å². The monoisotopic (exact) mass is 450 g/mol. The number of ether oxygens (including phenoxy) is 3. The SMILES string of the molecule is CCCCCCNS(=O)(=O)c1ccc(NC(=O)c2cc(OC)c(OC)c(OC)c2)cc1. The summed E-state index contributed by atoms with van der Waals surface area (Å²) in [6.45, 7) is 2.51. The number of carbonyl (C=O) groups is 1. The molecular formula is C22H30N2O6S. The maximum Gasteiger partial charge on any atom is 0.255 e. The molecule has 0 aliphatic rings. The lowest BCUT2D eigenvalue weighted by atomic mass is 10.1. The third-order valence-corrected chi connectivity index (χ3v) is 6.15. The molecule has 0 aromatic heterocycles. The van der Waals surface area contributed by atoms with Crippen molar-refractivity contribution >= 4 is 21.6 Å². The average Bonchev–Trinajstić information content (AvgIpc) is 2.78. The second-order valence-electron chi connectivity index (χ2n) is 6.85. The molecule has 0 atom stereocenters. The summed E-state index contributed by atoms with van der Waals surface area (Å²) in [6.07, 6.45) is 3.97. The van der Waals surface area contributed by atoms with Gasteiger partial charge in [-0.05, 0) is 42.8 Å². The van der Waals surface area contributed by atoms with Crippen LogP contribution in [0.4, 0.5) is 5.69 Å². The van der Waals surface area contributed by atoms with Gasteiger partial charge in [0.1, 0.15) is 0 Å². The number of methoxy groups -OCH3 is 3. The summed E-state index contributed by atoms with van der Waals surface area (Å²) in [4.78, 5) is 12.8. The van der Waals surface area contributed by atoms with Crippen LogP contribution in [0, 0.1) is 0 Å². The van der Waals surface area contributed by atoms with Gasteiger partial charge in [0.15, 0.2) is 11.5 Å². The molecule has 0 saturated carbocycles. The highest BCUT2D eigenvalue weighted by Gasteiger charge is 2.18.